The number of hydrogen-bond acceptors (Lipinski definition) is 3. The Bertz CT molecular complexity index is 1110. The molecule has 0 saturated carbocycles. The fraction of sp³-hybridized carbons (Fsp3) is 0.167. The minimum Gasteiger partial charge on any atom is -0.396 e. The number of primary amides is 1. The van der Waals surface area contributed by atoms with Gasteiger partial charge in [0.2, 0.25) is 5.91 Å². The third-order valence-corrected chi connectivity index (χ3v) is 5.33. The molecule has 5 nitrogen and oxygen atoms in total. The third kappa shape index (κ3) is 4.05. The number of nitrogens with one attached hydrogen (secondary N) is 1. The van der Waals surface area contributed by atoms with Crippen LogP contribution in [0.1, 0.15) is 21.5 Å². The van der Waals surface area contributed by atoms with E-state index in [4.69, 9.17) is 10.8 Å². The van der Waals surface area contributed by atoms with Crippen molar-refractivity contribution >= 4 is 16.9 Å². The molecule has 2 heterocycles. The van der Waals surface area contributed by atoms with Crippen LogP contribution < -0.4 is 5.73 Å². The first-order valence-corrected chi connectivity index (χ1v) is 9.65. The minimum atomic E-state index is -0.414. The van der Waals surface area contributed by atoms with Gasteiger partial charge in [0.05, 0.1) is 0 Å². The molecule has 146 valence electrons. The summed E-state index contributed by atoms with van der Waals surface area (Å²) >= 11 is 0. The van der Waals surface area contributed by atoms with Crippen LogP contribution in [0.5, 0.6) is 0 Å². The number of nitrogens with zero attached hydrogens (tertiary/aromatic N) is 1. The van der Waals surface area contributed by atoms with Crippen LogP contribution in [0.25, 0.3) is 22.2 Å². The van der Waals surface area contributed by atoms with Crippen molar-refractivity contribution in [3.8, 4) is 11.1 Å². The summed E-state index contributed by atoms with van der Waals surface area (Å²) in [4.78, 5) is 18.3. The third-order valence-electron chi connectivity index (χ3n) is 5.33. The highest BCUT2D eigenvalue weighted by atomic mass is 16.3. The Labute approximate surface area is 169 Å². The van der Waals surface area contributed by atoms with E-state index >= 15 is 0 Å². The summed E-state index contributed by atoms with van der Waals surface area (Å²) in [5.41, 5.74) is 11.5. The first-order valence-electron chi connectivity index (χ1n) is 9.65. The van der Waals surface area contributed by atoms with Crippen LogP contribution in [-0.4, -0.2) is 27.6 Å². The summed E-state index contributed by atoms with van der Waals surface area (Å²) in [5, 5.41) is 10.00. The number of amides is 1. The molecule has 0 atom stereocenters. The zero-order valence-corrected chi connectivity index (χ0v) is 16.0. The highest BCUT2D eigenvalue weighted by Gasteiger charge is 2.19. The summed E-state index contributed by atoms with van der Waals surface area (Å²) in [6.07, 6.45) is 5.74. The molecule has 0 aliphatic heterocycles. The maximum atomic E-state index is 11.0. The van der Waals surface area contributed by atoms with Gasteiger partial charge < -0.3 is 15.8 Å². The van der Waals surface area contributed by atoms with Gasteiger partial charge in [0, 0.05) is 30.0 Å². The van der Waals surface area contributed by atoms with Crippen molar-refractivity contribution < 1.29 is 9.90 Å². The number of rotatable bonds is 3. The average Bonchev–Trinajstić information content (AvgIpc) is 3.40. The average molecular weight is 385 g/mol. The van der Waals surface area contributed by atoms with Gasteiger partial charge in [-0.15, -0.1) is 0 Å². The number of H-pyrrole nitrogens is 1. The number of pyridine rings is 1. The summed E-state index contributed by atoms with van der Waals surface area (Å²) < 4.78 is 0. The van der Waals surface area contributed by atoms with E-state index in [1.807, 2.05) is 30.5 Å². The molecule has 0 saturated heterocycles. The number of carbonyl (C=O) groups excluding carboxylic acids is 1. The zero-order valence-electron chi connectivity index (χ0n) is 16.0. The van der Waals surface area contributed by atoms with Gasteiger partial charge in [-0.3, -0.25) is 4.79 Å². The van der Waals surface area contributed by atoms with Gasteiger partial charge in [-0.25, -0.2) is 4.98 Å². The lowest BCUT2D eigenvalue weighted by molar-refractivity contribution is 0.100. The Balaban J connectivity index is 0.000000159. The van der Waals surface area contributed by atoms with Crippen LogP contribution in [0.15, 0.2) is 73.1 Å². The highest BCUT2D eigenvalue weighted by molar-refractivity contribution is 5.95. The van der Waals surface area contributed by atoms with Gasteiger partial charge in [0.1, 0.15) is 5.65 Å². The predicted octanol–water partition coefficient (Wildman–Crippen LogP) is 3.72. The number of carbonyl (C=O) groups is 1. The Morgan fingerprint density at radius 3 is 2.34 bits per heavy atom. The van der Waals surface area contributed by atoms with E-state index < -0.39 is 5.91 Å². The molecule has 2 aromatic carbocycles. The number of aromatic amines is 1. The standard InChI is InChI=1S/C14H11N3O.C10H12O/c15-13(18)10-3-1-9(2-4-10)11-5-7-16-14-12(11)6-8-17-14;11-7-8-5-9-3-1-2-4-10(9)6-8/h1-8H,(H2,15,18)(H,16,17);1-4,8,11H,5-7H2. The number of aromatic nitrogens is 2. The SMILES string of the molecule is NC(=O)c1ccc(-c2ccnc3[nH]ccc23)cc1.OCC1Cc2ccccc2C1. The van der Waals surface area contributed by atoms with E-state index in [1.54, 1.807) is 18.3 Å². The first kappa shape index (κ1) is 18.9. The number of aliphatic hydroxyl groups excluding tert-OH is 1. The number of fused-ring (bicyclic) bond motifs is 2. The summed E-state index contributed by atoms with van der Waals surface area (Å²) in [5.74, 6) is 0.0652. The van der Waals surface area contributed by atoms with Crippen LogP contribution >= 0.6 is 0 Å². The van der Waals surface area contributed by atoms with Crippen molar-refractivity contribution in [1.82, 2.24) is 9.97 Å². The van der Waals surface area contributed by atoms with Gasteiger partial charge in [-0.1, -0.05) is 36.4 Å². The Morgan fingerprint density at radius 2 is 1.72 bits per heavy atom. The molecule has 1 aliphatic rings. The minimum absolute atomic E-state index is 0.328. The molecule has 0 fully saturated rings. The van der Waals surface area contributed by atoms with Crippen molar-refractivity contribution in [2.24, 2.45) is 11.7 Å². The fourth-order valence-electron chi connectivity index (χ4n) is 3.81. The number of aliphatic hydroxyl groups is 1. The summed E-state index contributed by atoms with van der Waals surface area (Å²) in [6, 6.07) is 19.6. The van der Waals surface area contributed by atoms with E-state index in [1.165, 1.54) is 11.1 Å². The molecule has 1 amide bonds. The van der Waals surface area contributed by atoms with E-state index in [-0.39, 0.29) is 0 Å². The van der Waals surface area contributed by atoms with Crippen LogP contribution in [0.2, 0.25) is 0 Å². The Hall–Kier alpha value is -3.44. The van der Waals surface area contributed by atoms with Gasteiger partial charge in [-0.05, 0) is 65.3 Å². The zero-order chi connectivity index (χ0) is 20.2. The predicted molar refractivity (Wildman–Crippen MR) is 114 cm³/mol. The molecular weight excluding hydrogens is 362 g/mol. The number of nitrogens with two attached hydrogens (primary N) is 1. The molecule has 0 unspecified atom stereocenters. The van der Waals surface area contributed by atoms with Crippen LogP contribution in [0.4, 0.5) is 0 Å². The smallest absolute Gasteiger partial charge is 0.248 e. The molecular formula is C24H23N3O2. The van der Waals surface area contributed by atoms with Crippen molar-refractivity contribution in [3.63, 3.8) is 0 Å². The van der Waals surface area contributed by atoms with Gasteiger partial charge in [-0.2, -0.15) is 0 Å². The molecule has 5 heteroatoms. The summed E-state index contributed by atoms with van der Waals surface area (Å²) in [6.45, 7) is 0.328. The van der Waals surface area contributed by atoms with Crippen molar-refractivity contribution in [3.05, 3.63) is 89.7 Å². The topological polar surface area (TPSA) is 92.0 Å². The van der Waals surface area contributed by atoms with Crippen molar-refractivity contribution in [2.45, 2.75) is 12.8 Å². The monoisotopic (exact) mass is 385 g/mol. The Morgan fingerprint density at radius 1 is 1.03 bits per heavy atom. The quantitative estimate of drug-likeness (QED) is 0.502. The lowest BCUT2D eigenvalue weighted by Crippen LogP contribution is -2.10. The second-order valence-electron chi connectivity index (χ2n) is 7.27. The van der Waals surface area contributed by atoms with Gasteiger partial charge >= 0.3 is 0 Å². The van der Waals surface area contributed by atoms with Crippen LogP contribution in [0, 0.1) is 5.92 Å². The molecule has 0 bridgehead atoms. The Kier molecular flexibility index (Phi) is 5.40. The second-order valence-corrected chi connectivity index (χ2v) is 7.27. The molecule has 2 aromatic heterocycles. The number of benzene rings is 2. The molecule has 4 N–H and O–H groups in total. The second kappa shape index (κ2) is 8.29. The van der Waals surface area contributed by atoms with E-state index in [9.17, 15) is 4.79 Å². The molecule has 5 rings (SSSR count). The largest absolute Gasteiger partial charge is 0.396 e. The molecule has 4 aromatic rings. The van der Waals surface area contributed by atoms with Gasteiger partial charge in [0.25, 0.3) is 0 Å². The lowest BCUT2D eigenvalue weighted by Gasteiger charge is -2.04. The molecule has 0 radical (unpaired) electrons. The maximum Gasteiger partial charge on any atom is 0.248 e. The molecule has 1 aliphatic carbocycles. The maximum absolute atomic E-state index is 11.0. The van der Waals surface area contributed by atoms with Gasteiger partial charge in [0.15, 0.2) is 0 Å². The normalized spacial score (nSPS) is 13.0. The van der Waals surface area contributed by atoms with E-state index in [0.29, 0.717) is 18.1 Å². The fourth-order valence-corrected chi connectivity index (χ4v) is 3.81. The molecule has 29 heavy (non-hydrogen) atoms. The first-order chi connectivity index (χ1) is 14.2. The number of hydrogen-bond donors (Lipinski definition) is 3. The van der Waals surface area contributed by atoms with Crippen LogP contribution in [0.3, 0.4) is 0 Å². The van der Waals surface area contributed by atoms with Crippen LogP contribution in [-0.2, 0) is 12.8 Å². The summed E-state index contributed by atoms with van der Waals surface area (Å²) in [7, 11) is 0. The van der Waals surface area contributed by atoms with E-state index in [2.05, 4.69) is 34.2 Å². The highest BCUT2D eigenvalue weighted by Crippen LogP contribution is 2.27. The lowest BCUT2D eigenvalue weighted by atomic mass is 10.0. The van der Waals surface area contributed by atoms with Crippen molar-refractivity contribution in [2.75, 3.05) is 6.61 Å². The van der Waals surface area contributed by atoms with E-state index in [0.717, 1.165) is 35.0 Å². The molecule has 0 spiro atoms. The van der Waals surface area contributed by atoms with Crippen molar-refractivity contribution in [1.29, 1.82) is 0 Å².